The third-order valence-electron chi connectivity index (χ3n) is 4.53. The molecule has 3 aromatic carbocycles. The van der Waals surface area contributed by atoms with Crippen LogP contribution in [0.15, 0.2) is 72.9 Å². The second kappa shape index (κ2) is 7.41. The minimum atomic E-state index is -0.203. The Morgan fingerprint density at radius 1 is 1.00 bits per heavy atom. The molecule has 1 N–H and O–H groups in total. The van der Waals surface area contributed by atoms with E-state index >= 15 is 0 Å². The highest BCUT2D eigenvalue weighted by Gasteiger charge is 2.12. The first-order valence-corrected chi connectivity index (χ1v) is 8.82. The van der Waals surface area contributed by atoms with E-state index in [1.54, 1.807) is 6.20 Å². The van der Waals surface area contributed by atoms with Crippen molar-refractivity contribution in [2.24, 2.45) is 0 Å². The van der Waals surface area contributed by atoms with Crippen molar-refractivity contribution in [3.63, 3.8) is 0 Å². The molecule has 5 heteroatoms. The predicted octanol–water partition coefficient (Wildman–Crippen LogP) is 4.04. The zero-order valence-electron chi connectivity index (χ0n) is 14.9. The second-order valence-corrected chi connectivity index (χ2v) is 6.42. The lowest BCUT2D eigenvalue weighted by Gasteiger charge is -2.15. The van der Waals surface area contributed by atoms with Gasteiger partial charge in [-0.15, -0.1) is 5.10 Å². The Morgan fingerprint density at radius 2 is 1.74 bits per heavy atom. The third-order valence-corrected chi connectivity index (χ3v) is 4.53. The van der Waals surface area contributed by atoms with E-state index in [9.17, 15) is 4.79 Å². The van der Waals surface area contributed by atoms with Gasteiger partial charge in [-0.05, 0) is 35.4 Å². The van der Waals surface area contributed by atoms with Crippen molar-refractivity contribution in [2.45, 2.75) is 13.0 Å². The van der Waals surface area contributed by atoms with Crippen molar-refractivity contribution in [2.75, 3.05) is 6.61 Å². The number of hydrogen-bond donors (Lipinski definition) is 1. The maximum absolute atomic E-state index is 12.3. The summed E-state index contributed by atoms with van der Waals surface area (Å²) in [5, 5.41) is 15.0. The van der Waals surface area contributed by atoms with Crippen LogP contribution in [0.2, 0.25) is 0 Å². The number of fused-ring (bicyclic) bond motifs is 2. The first kappa shape index (κ1) is 17.0. The lowest BCUT2D eigenvalue weighted by molar-refractivity contribution is -0.123. The van der Waals surface area contributed by atoms with Gasteiger partial charge in [-0.3, -0.25) is 4.79 Å². The minimum absolute atomic E-state index is 0.111. The SMILES string of the molecule is CC(NC(=O)COc1nncc2ccccc12)c1ccc2ccccc2c1. The Hall–Kier alpha value is -3.47. The van der Waals surface area contributed by atoms with E-state index in [-0.39, 0.29) is 18.6 Å². The molecule has 1 unspecified atom stereocenters. The van der Waals surface area contributed by atoms with Crippen molar-refractivity contribution < 1.29 is 9.53 Å². The van der Waals surface area contributed by atoms with Crippen LogP contribution in [-0.4, -0.2) is 22.7 Å². The molecule has 0 aliphatic rings. The summed E-state index contributed by atoms with van der Waals surface area (Å²) >= 11 is 0. The fourth-order valence-electron chi connectivity index (χ4n) is 3.09. The summed E-state index contributed by atoms with van der Waals surface area (Å²) in [5.74, 6) is 0.159. The number of aromatic nitrogens is 2. The molecule has 0 saturated heterocycles. The van der Waals surface area contributed by atoms with Gasteiger partial charge in [-0.25, -0.2) is 0 Å². The van der Waals surface area contributed by atoms with Crippen LogP contribution in [0.25, 0.3) is 21.5 Å². The van der Waals surface area contributed by atoms with Crippen molar-refractivity contribution in [1.82, 2.24) is 15.5 Å². The number of amides is 1. The van der Waals surface area contributed by atoms with Gasteiger partial charge in [0.2, 0.25) is 5.88 Å². The highest BCUT2D eigenvalue weighted by molar-refractivity contribution is 5.86. The molecule has 4 rings (SSSR count). The van der Waals surface area contributed by atoms with Crippen LogP contribution in [0.1, 0.15) is 18.5 Å². The summed E-state index contributed by atoms with van der Waals surface area (Å²) in [5.41, 5.74) is 1.05. The minimum Gasteiger partial charge on any atom is -0.466 e. The van der Waals surface area contributed by atoms with Gasteiger partial charge < -0.3 is 10.1 Å². The van der Waals surface area contributed by atoms with Gasteiger partial charge in [0, 0.05) is 10.8 Å². The molecule has 0 aliphatic carbocycles. The van der Waals surface area contributed by atoms with Gasteiger partial charge in [0.05, 0.1) is 12.2 Å². The average Bonchev–Trinajstić information content (AvgIpc) is 2.71. The fraction of sp³-hybridized carbons (Fsp3) is 0.136. The molecule has 0 spiro atoms. The number of nitrogens with one attached hydrogen (secondary N) is 1. The summed E-state index contributed by atoms with van der Waals surface area (Å²) in [6, 6.07) is 21.9. The van der Waals surface area contributed by atoms with Crippen molar-refractivity contribution in [3.05, 3.63) is 78.5 Å². The van der Waals surface area contributed by atoms with Gasteiger partial charge in [0.15, 0.2) is 6.61 Å². The first-order valence-electron chi connectivity index (χ1n) is 8.82. The predicted molar refractivity (Wildman–Crippen MR) is 106 cm³/mol. The number of carbonyl (C=O) groups is 1. The van der Waals surface area contributed by atoms with E-state index in [4.69, 9.17) is 4.74 Å². The number of nitrogens with zero attached hydrogens (tertiary/aromatic N) is 2. The number of ether oxygens (including phenoxy) is 1. The Bertz CT molecular complexity index is 1110. The van der Waals surface area contributed by atoms with E-state index < -0.39 is 0 Å². The summed E-state index contributed by atoms with van der Waals surface area (Å²) in [6.45, 7) is 1.85. The van der Waals surface area contributed by atoms with Gasteiger partial charge in [-0.1, -0.05) is 54.6 Å². The lowest BCUT2D eigenvalue weighted by atomic mass is 10.0. The summed E-state index contributed by atoms with van der Waals surface area (Å²) in [7, 11) is 0. The number of hydrogen-bond acceptors (Lipinski definition) is 4. The zero-order chi connectivity index (χ0) is 18.6. The van der Waals surface area contributed by atoms with Crippen LogP contribution in [0, 0.1) is 0 Å². The molecule has 1 atom stereocenters. The first-order chi connectivity index (χ1) is 13.2. The van der Waals surface area contributed by atoms with Gasteiger partial charge in [0.25, 0.3) is 5.91 Å². The van der Waals surface area contributed by atoms with Crippen molar-refractivity contribution in [1.29, 1.82) is 0 Å². The Labute approximate surface area is 157 Å². The quantitative estimate of drug-likeness (QED) is 0.585. The highest BCUT2D eigenvalue weighted by Crippen LogP contribution is 2.22. The van der Waals surface area contributed by atoms with Crippen LogP contribution < -0.4 is 10.1 Å². The molecule has 0 fully saturated rings. The summed E-state index contributed by atoms with van der Waals surface area (Å²) < 4.78 is 5.60. The molecule has 5 nitrogen and oxygen atoms in total. The number of rotatable bonds is 5. The monoisotopic (exact) mass is 357 g/mol. The molecule has 1 amide bonds. The molecule has 4 aromatic rings. The molecule has 134 valence electrons. The standard InChI is InChI=1S/C22H19N3O2/c1-15(17-11-10-16-6-2-3-7-18(16)12-17)24-21(26)14-27-22-20-9-5-4-8-19(20)13-23-25-22/h2-13,15H,14H2,1H3,(H,24,26). The van der Waals surface area contributed by atoms with E-state index in [2.05, 4.69) is 39.8 Å². The second-order valence-electron chi connectivity index (χ2n) is 6.42. The molecule has 0 aliphatic heterocycles. The van der Waals surface area contributed by atoms with Gasteiger partial charge in [0.1, 0.15) is 0 Å². The maximum atomic E-state index is 12.3. The zero-order valence-corrected chi connectivity index (χ0v) is 14.9. The Balaban J connectivity index is 1.42. The topological polar surface area (TPSA) is 64.1 Å². The third kappa shape index (κ3) is 3.72. The summed E-state index contributed by atoms with van der Waals surface area (Å²) in [6.07, 6.45) is 1.67. The number of carbonyl (C=O) groups excluding carboxylic acids is 1. The van der Waals surface area contributed by atoms with Crippen LogP contribution in [0.5, 0.6) is 5.88 Å². The average molecular weight is 357 g/mol. The lowest BCUT2D eigenvalue weighted by Crippen LogP contribution is -2.31. The Kier molecular flexibility index (Phi) is 4.66. The van der Waals surface area contributed by atoms with Crippen LogP contribution >= 0.6 is 0 Å². The van der Waals surface area contributed by atoms with Crippen molar-refractivity contribution >= 4 is 27.5 Å². The fourth-order valence-corrected chi connectivity index (χ4v) is 3.09. The smallest absolute Gasteiger partial charge is 0.258 e. The van der Waals surface area contributed by atoms with Crippen LogP contribution in [0.3, 0.4) is 0 Å². The molecule has 27 heavy (non-hydrogen) atoms. The molecule has 1 aromatic heterocycles. The van der Waals surface area contributed by atoms with Crippen LogP contribution in [-0.2, 0) is 4.79 Å². The molecular formula is C22H19N3O2. The highest BCUT2D eigenvalue weighted by atomic mass is 16.5. The van der Waals surface area contributed by atoms with E-state index in [1.807, 2.05) is 49.4 Å². The molecule has 0 bridgehead atoms. The number of benzene rings is 3. The van der Waals surface area contributed by atoms with E-state index in [1.165, 1.54) is 5.39 Å². The van der Waals surface area contributed by atoms with E-state index in [0.717, 1.165) is 21.7 Å². The molecule has 1 heterocycles. The van der Waals surface area contributed by atoms with Gasteiger partial charge >= 0.3 is 0 Å². The summed E-state index contributed by atoms with van der Waals surface area (Å²) in [4.78, 5) is 12.3. The molecule has 0 radical (unpaired) electrons. The normalized spacial score (nSPS) is 12.0. The van der Waals surface area contributed by atoms with Gasteiger partial charge in [-0.2, -0.15) is 5.10 Å². The Morgan fingerprint density at radius 3 is 2.59 bits per heavy atom. The van der Waals surface area contributed by atoms with Crippen LogP contribution in [0.4, 0.5) is 0 Å². The maximum Gasteiger partial charge on any atom is 0.258 e. The molecular weight excluding hydrogens is 338 g/mol. The molecule has 0 saturated carbocycles. The largest absolute Gasteiger partial charge is 0.466 e. The van der Waals surface area contributed by atoms with E-state index in [0.29, 0.717) is 5.88 Å². The van der Waals surface area contributed by atoms with Crippen molar-refractivity contribution in [3.8, 4) is 5.88 Å².